The zero-order valence-electron chi connectivity index (χ0n) is 12.9. The van der Waals surface area contributed by atoms with E-state index in [1.807, 2.05) is 13.8 Å². The quantitative estimate of drug-likeness (QED) is 0.853. The number of carbonyl (C=O) groups is 2. The molecular weight excluding hydrogens is 252 g/mol. The Morgan fingerprint density at radius 3 is 2.05 bits per heavy atom. The second-order valence-corrected chi connectivity index (χ2v) is 8.39. The van der Waals surface area contributed by atoms with Crippen molar-refractivity contribution in [1.82, 2.24) is 0 Å². The maximum absolute atomic E-state index is 13.1. The lowest BCUT2D eigenvalue weighted by Crippen LogP contribution is -2.59. The van der Waals surface area contributed by atoms with Gasteiger partial charge in [0.25, 0.3) is 0 Å². The Labute approximate surface area is 121 Å². The molecule has 0 radical (unpaired) electrons. The van der Waals surface area contributed by atoms with Crippen LogP contribution in [0, 0.1) is 28.1 Å². The molecule has 3 nitrogen and oxygen atoms in total. The van der Waals surface area contributed by atoms with E-state index in [0.29, 0.717) is 24.0 Å². The predicted octanol–water partition coefficient (Wildman–Crippen LogP) is 3.66. The first kappa shape index (κ1) is 14.1. The van der Waals surface area contributed by atoms with E-state index in [1.165, 1.54) is 0 Å². The minimum Gasteiger partial charge on any atom is -0.481 e. The van der Waals surface area contributed by atoms with E-state index < -0.39 is 11.4 Å². The lowest BCUT2D eigenvalue weighted by atomic mass is 9.42. The lowest BCUT2D eigenvalue weighted by molar-refractivity contribution is -0.181. The highest BCUT2D eigenvalue weighted by Gasteiger charge is 2.64. The molecule has 0 amide bonds. The third kappa shape index (κ3) is 1.78. The van der Waals surface area contributed by atoms with Gasteiger partial charge in [0, 0.05) is 10.8 Å². The van der Waals surface area contributed by atoms with Crippen molar-refractivity contribution >= 4 is 11.8 Å². The molecular formula is C17H26O3. The zero-order chi connectivity index (χ0) is 14.8. The zero-order valence-corrected chi connectivity index (χ0v) is 12.9. The van der Waals surface area contributed by atoms with Gasteiger partial charge in [-0.2, -0.15) is 0 Å². The summed E-state index contributed by atoms with van der Waals surface area (Å²) >= 11 is 0. The van der Waals surface area contributed by atoms with Crippen molar-refractivity contribution in [3.63, 3.8) is 0 Å². The molecule has 3 heteroatoms. The molecule has 4 aliphatic carbocycles. The molecule has 4 rings (SSSR count). The van der Waals surface area contributed by atoms with Crippen LogP contribution in [0.25, 0.3) is 0 Å². The number of rotatable bonds is 4. The number of Topliss-reactive ketones (excluding diaryl/α,β-unsaturated/α-hetero) is 1. The second kappa shape index (κ2) is 4.08. The van der Waals surface area contributed by atoms with Crippen LogP contribution in [0.1, 0.15) is 65.7 Å². The van der Waals surface area contributed by atoms with E-state index in [1.54, 1.807) is 0 Å². The Morgan fingerprint density at radius 1 is 1.10 bits per heavy atom. The third-order valence-electron chi connectivity index (χ3n) is 6.50. The van der Waals surface area contributed by atoms with Gasteiger partial charge in [0.2, 0.25) is 0 Å². The first-order chi connectivity index (χ1) is 9.23. The van der Waals surface area contributed by atoms with E-state index in [4.69, 9.17) is 0 Å². The highest BCUT2D eigenvalue weighted by Crippen LogP contribution is 2.66. The SMILES string of the molecule is CCC(C)(C)C(=O)C12CC3CC(CC(C(=O)O)(C3)C1)C2. The molecule has 0 heterocycles. The van der Waals surface area contributed by atoms with Crippen LogP contribution < -0.4 is 0 Å². The topological polar surface area (TPSA) is 54.4 Å². The molecule has 4 bridgehead atoms. The van der Waals surface area contributed by atoms with Crippen molar-refractivity contribution in [2.75, 3.05) is 0 Å². The molecule has 0 spiro atoms. The van der Waals surface area contributed by atoms with Gasteiger partial charge in [0.15, 0.2) is 0 Å². The summed E-state index contributed by atoms with van der Waals surface area (Å²) in [5, 5.41) is 9.72. The fourth-order valence-electron chi connectivity index (χ4n) is 5.66. The number of hydrogen-bond donors (Lipinski definition) is 1. The molecule has 1 N–H and O–H groups in total. The van der Waals surface area contributed by atoms with E-state index >= 15 is 0 Å². The number of hydrogen-bond acceptors (Lipinski definition) is 2. The lowest BCUT2D eigenvalue weighted by Gasteiger charge is -2.60. The predicted molar refractivity (Wildman–Crippen MR) is 76.3 cm³/mol. The van der Waals surface area contributed by atoms with Gasteiger partial charge in [-0.25, -0.2) is 0 Å². The molecule has 0 aliphatic heterocycles. The summed E-state index contributed by atoms with van der Waals surface area (Å²) in [7, 11) is 0. The highest BCUT2D eigenvalue weighted by molar-refractivity contribution is 5.91. The molecule has 112 valence electrons. The van der Waals surface area contributed by atoms with Gasteiger partial charge in [-0.05, 0) is 56.8 Å². The first-order valence-corrected chi connectivity index (χ1v) is 8.01. The summed E-state index contributed by atoms with van der Waals surface area (Å²) in [5.74, 6) is 0.609. The van der Waals surface area contributed by atoms with Gasteiger partial charge < -0.3 is 5.11 Å². The Bertz CT molecular complexity index is 449. The highest BCUT2D eigenvalue weighted by atomic mass is 16.4. The molecule has 0 aromatic rings. The summed E-state index contributed by atoms with van der Waals surface area (Å²) in [4.78, 5) is 24.9. The molecule has 20 heavy (non-hydrogen) atoms. The Kier molecular flexibility index (Phi) is 2.88. The second-order valence-electron chi connectivity index (χ2n) is 8.39. The van der Waals surface area contributed by atoms with Gasteiger partial charge in [0.05, 0.1) is 5.41 Å². The average Bonchev–Trinajstić information content (AvgIpc) is 2.36. The van der Waals surface area contributed by atoms with Crippen molar-refractivity contribution in [1.29, 1.82) is 0 Å². The molecule has 4 aliphatic rings. The van der Waals surface area contributed by atoms with Crippen molar-refractivity contribution in [3.05, 3.63) is 0 Å². The summed E-state index contributed by atoms with van der Waals surface area (Å²) < 4.78 is 0. The van der Waals surface area contributed by atoms with Crippen LogP contribution in [0.2, 0.25) is 0 Å². The third-order valence-corrected chi connectivity index (χ3v) is 6.50. The van der Waals surface area contributed by atoms with Crippen LogP contribution >= 0.6 is 0 Å². The Morgan fingerprint density at radius 2 is 1.60 bits per heavy atom. The monoisotopic (exact) mass is 278 g/mol. The largest absolute Gasteiger partial charge is 0.481 e. The van der Waals surface area contributed by atoms with Gasteiger partial charge in [-0.3, -0.25) is 9.59 Å². The van der Waals surface area contributed by atoms with Crippen LogP contribution in [-0.4, -0.2) is 16.9 Å². The van der Waals surface area contributed by atoms with Gasteiger partial charge in [0.1, 0.15) is 5.78 Å². The van der Waals surface area contributed by atoms with Crippen LogP contribution in [0.4, 0.5) is 0 Å². The number of carboxylic acid groups (broad SMARTS) is 1. The molecule has 0 saturated heterocycles. The van der Waals surface area contributed by atoms with Gasteiger partial charge >= 0.3 is 5.97 Å². The number of carbonyl (C=O) groups excluding carboxylic acids is 1. The van der Waals surface area contributed by atoms with E-state index in [-0.39, 0.29) is 10.8 Å². The molecule has 0 aromatic heterocycles. The summed E-state index contributed by atoms with van der Waals surface area (Å²) in [5.41, 5.74) is -1.24. The number of carboxylic acids is 1. The number of ketones is 1. The van der Waals surface area contributed by atoms with Gasteiger partial charge in [-0.1, -0.05) is 20.8 Å². The molecule has 4 fully saturated rings. The van der Waals surface area contributed by atoms with E-state index in [9.17, 15) is 14.7 Å². The standard InChI is InChI=1S/C17H26O3/c1-4-15(2,3)13(18)16-6-11-5-12(7-16)9-17(8-11,10-16)14(19)20/h11-12H,4-10H2,1-3H3,(H,19,20). The summed E-state index contributed by atoms with van der Waals surface area (Å²) in [6, 6.07) is 0. The average molecular weight is 278 g/mol. The minimum absolute atomic E-state index is 0.314. The molecule has 2 unspecified atom stereocenters. The maximum Gasteiger partial charge on any atom is 0.309 e. The van der Waals surface area contributed by atoms with E-state index in [2.05, 4.69) is 6.92 Å². The summed E-state index contributed by atoms with van der Waals surface area (Å²) in [6.45, 7) is 6.12. The fourth-order valence-corrected chi connectivity index (χ4v) is 5.66. The molecule has 0 aromatic carbocycles. The van der Waals surface area contributed by atoms with Crippen molar-refractivity contribution in [3.8, 4) is 0 Å². The first-order valence-electron chi connectivity index (χ1n) is 8.01. The Hall–Kier alpha value is -0.860. The summed E-state index contributed by atoms with van der Waals surface area (Å²) in [6.07, 6.45) is 6.09. The fraction of sp³-hybridized carbons (Fsp3) is 0.882. The molecule has 4 saturated carbocycles. The van der Waals surface area contributed by atoms with E-state index in [0.717, 1.165) is 38.5 Å². The smallest absolute Gasteiger partial charge is 0.309 e. The van der Waals surface area contributed by atoms with Crippen LogP contribution in [0.15, 0.2) is 0 Å². The molecule has 2 atom stereocenters. The number of aliphatic carboxylic acids is 1. The van der Waals surface area contributed by atoms with Gasteiger partial charge in [-0.15, -0.1) is 0 Å². The normalized spacial score (nSPS) is 42.8. The minimum atomic E-state index is -0.655. The van der Waals surface area contributed by atoms with Crippen LogP contribution in [-0.2, 0) is 9.59 Å². The van der Waals surface area contributed by atoms with Crippen molar-refractivity contribution < 1.29 is 14.7 Å². The van der Waals surface area contributed by atoms with Crippen molar-refractivity contribution in [2.24, 2.45) is 28.1 Å². The Balaban J connectivity index is 1.99. The van der Waals surface area contributed by atoms with Crippen molar-refractivity contribution in [2.45, 2.75) is 65.7 Å². The van der Waals surface area contributed by atoms with Crippen LogP contribution in [0.3, 0.4) is 0 Å². The van der Waals surface area contributed by atoms with Crippen LogP contribution in [0.5, 0.6) is 0 Å². The maximum atomic E-state index is 13.1.